The summed E-state index contributed by atoms with van der Waals surface area (Å²) >= 11 is 3.65. The highest BCUT2D eigenvalue weighted by Crippen LogP contribution is 2.23. The predicted molar refractivity (Wildman–Crippen MR) is 80.1 cm³/mol. The molecule has 1 fully saturated rings. The zero-order valence-corrected chi connectivity index (χ0v) is 12.3. The molecule has 1 aromatic rings. The third-order valence-corrected chi connectivity index (χ3v) is 5.67. The van der Waals surface area contributed by atoms with E-state index < -0.39 is 23.2 Å². The Hall–Kier alpha value is -0.990. The molecular formula is C12H15F2N3OS2. The first-order chi connectivity index (χ1) is 9.61. The highest BCUT2D eigenvalue weighted by atomic mass is 32.2. The zero-order valence-electron chi connectivity index (χ0n) is 10.6. The summed E-state index contributed by atoms with van der Waals surface area (Å²) < 4.78 is 27.0. The van der Waals surface area contributed by atoms with Gasteiger partial charge in [-0.05, 0) is 12.1 Å². The van der Waals surface area contributed by atoms with Crippen molar-refractivity contribution in [3.05, 3.63) is 29.3 Å². The van der Waals surface area contributed by atoms with Gasteiger partial charge in [-0.3, -0.25) is 10.6 Å². The fourth-order valence-corrected chi connectivity index (χ4v) is 4.42. The molecule has 1 atom stereocenters. The van der Waals surface area contributed by atoms with E-state index in [1.54, 1.807) is 11.8 Å². The maximum absolute atomic E-state index is 13.5. The van der Waals surface area contributed by atoms with Crippen LogP contribution in [0, 0.1) is 11.6 Å². The van der Waals surface area contributed by atoms with Crippen LogP contribution in [0.25, 0.3) is 0 Å². The number of carbonyl (C=O) groups excluding carboxylic acids is 1. The Balaban J connectivity index is 1.98. The predicted octanol–water partition coefficient (Wildman–Crippen LogP) is 1.83. The van der Waals surface area contributed by atoms with Crippen LogP contribution in [0.1, 0.15) is 10.4 Å². The van der Waals surface area contributed by atoms with Crippen molar-refractivity contribution in [2.75, 3.05) is 29.2 Å². The first-order valence-corrected chi connectivity index (χ1v) is 8.25. The Morgan fingerprint density at radius 3 is 2.60 bits per heavy atom. The van der Waals surface area contributed by atoms with Crippen LogP contribution in [0.2, 0.25) is 0 Å². The molecule has 1 saturated heterocycles. The van der Waals surface area contributed by atoms with E-state index in [1.807, 2.05) is 17.2 Å². The van der Waals surface area contributed by atoms with Gasteiger partial charge in [0.1, 0.15) is 5.69 Å². The van der Waals surface area contributed by atoms with Crippen LogP contribution in [-0.4, -0.2) is 35.0 Å². The molecule has 1 heterocycles. The molecule has 0 aliphatic carbocycles. The van der Waals surface area contributed by atoms with Gasteiger partial charge in [0.05, 0.1) is 0 Å². The lowest BCUT2D eigenvalue weighted by atomic mass is 10.1. The molecule has 0 spiro atoms. The largest absolute Gasteiger partial charge is 0.351 e. The van der Waals surface area contributed by atoms with Crippen molar-refractivity contribution in [2.45, 2.75) is 5.25 Å². The topological polar surface area (TPSA) is 67.1 Å². The fraction of sp³-hybridized carbons (Fsp3) is 0.417. The second-order valence-electron chi connectivity index (χ2n) is 4.24. The molecule has 4 N–H and O–H groups in total. The van der Waals surface area contributed by atoms with Crippen molar-refractivity contribution < 1.29 is 13.6 Å². The van der Waals surface area contributed by atoms with Gasteiger partial charge in [-0.15, -0.1) is 0 Å². The number of rotatable bonds is 4. The molecule has 1 aromatic carbocycles. The Labute approximate surface area is 124 Å². The van der Waals surface area contributed by atoms with Crippen molar-refractivity contribution in [1.82, 2.24) is 5.32 Å². The maximum atomic E-state index is 13.5. The van der Waals surface area contributed by atoms with Crippen molar-refractivity contribution in [3.8, 4) is 0 Å². The molecule has 110 valence electrons. The molecule has 0 radical (unpaired) electrons. The number of hydrogen-bond acceptors (Lipinski definition) is 5. The minimum absolute atomic E-state index is 0.0486. The molecule has 0 bridgehead atoms. The summed E-state index contributed by atoms with van der Waals surface area (Å²) in [5, 5.41) is 3.05. The van der Waals surface area contributed by atoms with E-state index in [2.05, 4.69) is 5.32 Å². The minimum Gasteiger partial charge on any atom is -0.351 e. The molecular weight excluding hydrogens is 304 g/mol. The number of hydrogen-bond donors (Lipinski definition) is 3. The smallest absolute Gasteiger partial charge is 0.251 e. The van der Waals surface area contributed by atoms with Crippen molar-refractivity contribution in [1.29, 1.82) is 0 Å². The van der Waals surface area contributed by atoms with Gasteiger partial charge in [0.15, 0.2) is 11.6 Å². The number of benzene rings is 1. The fourth-order valence-electron chi connectivity index (χ4n) is 1.81. The Bertz CT molecular complexity index is 473. The van der Waals surface area contributed by atoms with Crippen molar-refractivity contribution in [3.63, 3.8) is 0 Å². The van der Waals surface area contributed by atoms with Gasteiger partial charge >= 0.3 is 0 Å². The molecule has 4 nitrogen and oxygen atoms in total. The summed E-state index contributed by atoms with van der Waals surface area (Å²) in [6.07, 6.45) is 0. The van der Waals surface area contributed by atoms with Gasteiger partial charge in [0, 0.05) is 34.6 Å². The summed E-state index contributed by atoms with van der Waals surface area (Å²) in [6, 6.07) is 1.94. The zero-order chi connectivity index (χ0) is 14.5. The van der Waals surface area contributed by atoms with E-state index in [0.29, 0.717) is 11.8 Å². The highest BCUT2D eigenvalue weighted by molar-refractivity contribution is 8.06. The average Bonchev–Trinajstić information content (AvgIpc) is 2.45. The van der Waals surface area contributed by atoms with E-state index in [4.69, 9.17) is 5.84 Å². The van der Waals surface area contributed by atoms with Crippen LogP contribution in [0.4, 0.5) is 14.5 Å². The van der Waals surface area contributed by atoms with Crippen LogP contribution in [0.3, 0.4) is 0 Å². The molecule has 1 aliphatic heterocycles. The molecule has 1 aliphatic rings. The first-order valence-electron chi connectivity index (χ1n) is 6.05. The molecule has 1 amide bonds. The maximum Gasteiger partial charge on any atom is 0.251 e. The minimum atomic E-state index is -0.889. The van der Waals surface area contributed by atoms with Gasteiger partial charge in [0.2, 0.25) is 0 Å². The van der Waals surface area contributed by atoms with Crippen molar-refractivity contribution in [2.24, 2.45) is 5.84 Å². The van der Waals surface area contributed by atoms with Crippen LogP contribution in [0.15, 0.2) is 12.1 Å². The number of thioether (sulfide) groups is 2. The molecule has 20 heavy (non-hydrogen) atoms. The lowest BCUT2D eigenvalue weighted by Gasteiger charge is -2.21. The summed E-state index contributed by atoms with van der Waals surface area (Å²) in [4.78, 5) is 11.9. The number of carbonyl (C=O) groups is 1. The Morgan fingerprint density at radius 1 is 1.35 bits per heavy atom. The average molecular weight is 319 g/mol. The monoisotopic (exact) mass is 319 g/mol. The third-order valence-electron chi connectivity index (χ3n) is 2.82. The van der Waals surface area contributed by atoms with Crippen LogP contribution in [0.5, 0.6) is 0 Å². The van der Waals surface area contributed by atoms with Crippen molar-refractivity contribution >= 4 is 35.1 Å². The number of hydrazine groups is 1. The van der Waals surface area contributed by atoms with Gasteiger partial charge in [-0.1, -0.05) is 0 Å². The lowest BCUT2D eigenvalue weighted by molar-refractivity contribution is 0.0953. The number of nitrogens with two attached hydrogens (primary N) is 1. The van der Waals surface area contributed by atoms with Crippen LogP contribution in [-0.2, 0) is 0 Å². The Kier molecular flexibility index (Phi) is 5.50. The number of nitrogens with one attached hydrogen (secondary N) is 2. The standard InChI is InChI=1S/C12H15F2N3OS2/c13-9-3-7(4-10(14)11(9)17-15)12(18)16-5-8-6-19-1-2-20-8/h3-4,8,17H,1-2,5-6,15H2,(H,16,18). The van der Waals surface area contributed by atoms with Gasteiger partial charge < -0.3 is 10.7 Å². The van der Waals surface area contributed by atoms with E-state index in [0.717, 1.165) is 29.4 Å². The van der Waals surface area contributed by atoms with E-state index in [1.165, 1.54) is 0 Å². The molecule has 0 saturated carbocycles. The molecule has 8 heteroatoms. The second kappa shape index (κ2) is 7.14. The van der Waals surface area contributed by atoms with Gasteiger partial charge in [-0.2, -0.15) is 23.5 Å². The van der Waals surface area contributed by atoms with E-state index >= 15 is 0 Å². The number of halogens is 2. The van der Waals surface area contributed by atoms with Crippen LogP contribution >= 0.6 is 23.5 Å². The van der Waals surface area contributed by atoms with Gasteiger partial charge in [0.25, 0.3) is 5.91 Å². The number of anilines is 1. The second-order valence-corrected chi connectivity index (χ2v) is 6.80. The molecule has 2 rings (SSSR count). The summed E-state index contributed by atoms with van der Waals surface area (Å²) in [7, 11) is 0. The Morgan fingerprint density at radius 2 is 2.05 bits per heavy atom. The van der Waals surface area contributed by atoms with Gasteiger partial charge in [-0.25, -0.2) is 8.78 Å². The van der Waals surface area contributed by atoms with E-state index in [9.17, 15) is 13.6 Å². The molecule has 1 unspecified atom stereocenters. The highest BCUT2D eigenvalue weighted by Gasteiger charge is 2.18. The third kappa shape index (κ3) is 3.77. The number of amides is 1. The SMILES string of the molecule is NNc1c(F)cc(C(=O)NCC2CSCCS2)cc1F. The quantitative estimate of drug-likeness (QED) is 0.584. The lowest BCUT2D eigenvalue weighted by Crippen LogP contribution is -2.33. The summed E-state index contributed by atoms with van der Waals surface area (Å²) in [6.45, 7) is 0.497. The number of nitrogen functional groups attached to an aromatic ring is 1. The summed E-state index contributed by atoms with van der Waals surface area (Å²) in [5.74, 6) is 5.90. The van der Waals surface area contributed by atoms with Crippen LogP contribution < -0.4 is 16.6 Å². The molecule has 0 aromatic heterocycles. The summed E-state index contributed by atoms with van der Waals surface area (Å²) in [5.41, 5.74) is 1.43. The first kappa shape index (κ1) is 15.4. The normalized spacial score (nSPS) is 18.6. The van der Waals surface area contributed by atoms with E-state index in [-0.39, 0.29) is 5.56 Å².